The average molecular weight is 433 g/mol. The first-order valence-electron chi connectivity index (χ1n) is 12.5. The van der Waals surface area contributed by atoms with Crippen molar-refractivity contribution in [2.45, 2.75) is 63.8 Å². The molecule has 2 fully saturated rings. The number of anilines is 1. The van der Waals surface area contributed by atoms with Gasteiger partial charge in [-0.25, -0.2) is 0 Å². The number of piperidine rings is 2. The van der Waals surface area contributed by atoms with Crippen LogP contribution in [0.15, 0.2) is 46.6 Å². The van der Waals surface area contributed by atoms with Crippen molar-refractivity contribution in [2.75, 3.05) is 32.1 Å². The fraction of sp³-hybridized carbons (Fsp3) is 0.556. The second-order valence-corrected chi connectivity index (χ2v) is 9.58. The second-order valence-electron chi connectivity index (χ2n) is 9.58. The lowest BCUT2D eigenvalue weighted by Gasteiger charge is -2.44. The third kappa shape index (κ3) is 4.68. The van der Waals surface area contributed by atoms with Crippen molar-refractivity contribution < 1.29 is 4.74 Å². The summed E-state index contributed by atoms with van der Waals surface area (Å²) in [5.41, 5.74) is 6.02. The molecule has 1 N–H and O–H groups in total. The normalized spacial score (nSPS) is 23.5. The summed E-state index contributed by atoms with van der Waals surface area (Å²) in [5.74, 6) is 1.58. The highest BCUT2D eigenvalue weighted by atomic mass is 16.5. The lowest BCUT2D eigenvalue weighted by Crippen LogP contribution is -2.49. The van der Waals surface area contributed by atoms with Gasteiger partial charge in [0, 0.05) is 24.3 Å². The van der Waals surface area contributed by atoms with Gasteiger partial charge < -0.3 is 15.0 Å². The number of ether oxygens (including phenoxy) is 1. The fourth-order valence-corrected chi connectivity index (χ4v) is 5.95. The average Bonchev–Trinajstić information content (AvgIpc) is 2.86. The van der Waals surface area contributed by atoms with Gasteiger partial charge in [-0.05, 0) is 106 Å². The molecule has 5 rings (SSSR count). The number of azo groups is 1. The predicted octanol–water partition coefficient (Wildman–Crippen LogP) is 6.67. The van der Waals surface area contributed by atoms with Crippen LogP contribution in [0.5, 0.6) is 5.75 Å². The van der Waals surface area contributed by atoms with Crippen molar-refractivity contribution in [3.63, 3.8) is 0 Å². The van der Waals surface area contributed by atoms with E-state index in [-0.39, 0.29) is 0 Å². The van der Waals surface area contributed by atoms with E-state index in [1.807, 2.05) is 24.3 Å². The molecule has 2 heterocycles. The Hall–Kier alpha value is -2.40. The van der Waals surface area contributed by atoms with Crippen LogP contribution in [-0.2, 0) is 12.8 Å². The highest BCUT2D eigenvalue weighted by Crippen LogP contribution is 2.37. The minimum absolute atomic E-state index is 0.774. The molecule has 5 heteroatoms. The maximum atomic E-state index is 5.31. The van der Waals surface area contributed by atoms with Crippen molar-refractivity contribution in [3.8, 4) is 5.75 Å². The molecule has 2 aromatic rings. The second kappa shape index (κ2) is 10.0. The van der Waals surface area contributed by atoms with Crippen molar-refractivity contribution in [2.24, 2.45) is 16.1 Å². The van der Waals surface area contributed by atoms with E-state index in [0.29, 0.717) is 0 Å². The molecule has 2 saturated heterocycles. The van der Waals surface area contributed by atoms with E-state index in [9.17, 15) is 0 Å². The summed E-state index contributed by atoms with van der Waals surface area (Å²) in [5, 5.41) is 13.0. The molecule has 2 aromatic carbocycles. The van der Waals surface area contributed by atoms with Gasteiger partial charge in [-0.2, -0.15) is 10.2 Å². The maximum absolute atomic E-state index is 5.31. The standard InChI is InChI=1S/C27H36N4O/c1-32-22-10-6-9-21(18-22)29-30-26-15-14-25(23-11-2-3-12-24(23)26)28-19-20-8-7-17-31-16-5-4-13-27(20)31/h6,9-10,14-15,18,20,27-28H,2-5,7-8,11-13,16-17,19H2,1H3/t20-,27+/m1/s1. The summed E-state index contributed by atoms with van der Waals surface area (Å²) < 4.78 is 5.31. The molecule has 2 aliphatic heterocycles. The van der Waals surface area contributed by atoms with Crippen LogP contribution in [0.2, 0.25) is 0 Å². The zero-order valence-corrected chi connectivity index (χ0v) is 19.4. The Morgan fingerprint density at radius 3 is 2.72 bits per heavy atom. The first-order valence-corrected chi connectivity index (χ1v) is 12.5. The minimum Gasteiger partial charge on any atom is -0.497 e. The Balaban J connectivity index is 1.32. The molecule has 0 amide bonds. The molecule has 5 nitrogen and oxygen atoms in total. The predicted molar refractivity (Wildman–Crippen MR) is 131 cm³/mol. The van der Waals surface area contributed by atoms with E-state index in [1.165, 1.54) is 74.8 Å². The van der Waals surface area contributed by atoms with Crippen LogP contribution in [-0.4, -0.2) is 37.7 Å². The smallest absolute Gasteiger partial charge is 0.121 e. The number of nitrogens with one attached hydrogen (secondary N) is 1. The van der Waals surface area contributed by atoms with Crippen LogP contribution in [0.25, 0.3) is 0 Å². The van der Waals surface area contributed by atoms with Gasteiger partial charge in [-0.3, -0.25) is 0 Å². The van der Waals surface area contributed by atoms with Gasteiger partial charge in [-0.1, -0.05) is 12.5 Å². The Kier molecular flexibility index (Phi) is 6.72. The molecule has 0 radical (unpaired) electrons. The quantitative estimate of drug-likeness (QED) is 0.519. The minimum atomic E-state index is 0.774. The van der Waals surface area contributed by atoms with Gasteiger partial charge >= 0.3 is 0 Å². The Morgan fingerprint density at radius 1 is 0.938 bits per heavy atom. The molecule has 0 bridgehead atoms. The van der Waals surface area contributed by atoms with E-state index < -0.39 is 0 Å². The van der Waals surface area contributed by atoms with Crippen LogP contribution >= 0.6 is 0 Å². The number of hydrogen-bond acceptors (Lipinski definition) is 5. The highest BCUT2D eigenvalue weighted by molar-refractivity contribution is 5.64. The fourth-order valence-electron chi connectivity index (χ4n) is 5.95. The SMILES string of the molecule is COc1cccc(N=Nc2ccc(NC[C@H]3CCCN4CCCC[C@@H]34)c3c2CCCC3)c1. The summed E-state index contributed by atoms with van der Waals surface area (Å²) in [6.45, 7) is 3.71. The van der Waals surface area contributed by atoms with Crippen LogP contribution in [0, 0.1) is 5.92 Å². The summed E-state index contributed by atoms with van der Waals surface area (Å²) in [7, 11) is 1.68. The summed E-state index contributed by atoms with van der Waals surface area (Å²) in [4.78, 5) is 2.76. The third-order valence-corrected chi connectivity index (χ3v) is 7.62. The molecule has 2 atom stereocenters. The van der Waals surface area contributed by atoms with Crippen LogP contribution in [0.4, 0.5) is 17.1 Å². The number of methoxy groups -OCH3 is 1. The van der Waals surface area contributed by atoms with Gasteiger partial charge in [0.25, 0.3) is 0 Å². The van der Waals surface area contributed by atoms with Crippen molar-refractivity contribution in [1.82, 2.24) is 4.90 Å². The van der Waals surface area contributed by atoms with Crippen molar-refractivity contribution in [1.29, 1.82) is 0 Å². The lowest BCUT2D eigenvalue weighted by atomic mass is 9.83. The third-order valence-electron chi connectivity index (χ3n) is 7.62. The molecule has 0 spiro atoms. The molecule has 0 aromatic heterocycles. The largest absolute Gasteiger partial charge is 0.497 e. The van der Waals surface area contributed by atoms with Crippen LogP contribution in [0.3, 0.4) is 0 Å². The zero-order chi connectivity index (χ0) is 21.8. The topological polar surface area (TPSA) is 49.2 Å². The molecule has 0 saturated carbocycles. The summed E-state index contributed by atoms with van der Waals surface area (Å²) in [6.07, 6.45) is 11.6. The zero-order valence-electron chi connectivity index (χ0n) is 19.4. The van der Waals surface area contributed by atoms with Gasteiger partial charge in [-0.15, -0.1) is 0 Å². The summed E-state index contributed by atoms with van der Waals surface area (Å²) in [6, 6.07) is 13.0. The van der Waals surface area contributed by atoms with Gasteiger partial charge in [0.1, 0.15) is 5.75 Å². The molecule has 1 aliphatic carbocycles. The number of benzene rings is 2. The van der Waals surface area contributed by atoms with Gasteiger partial charge in [0.2, 0.25) is 0 Å². The van der Waals surface area contributed by atoms with E-state index in [4.69, 9.17) is 4.74 Å². The van der Waals surface area contributed by atoms with Gasteiger partial charge in [0.05, 0.1) is 18.5 Å². The molecular weight excluding hydrogens is 396 g/mol. The number of rotatable bonds is 6. The maximum Gasteiger partial charge on any atom is 0.121 e. The van der Waals surface area contributed by atoms with E-state index in [1.54, 1.807) is 7.11 Å². The Bertz CT molecular complexity index is 955. The first kappa shape index (κ1) is 21.4. The first-order chi connectivity index (χ1) is 15.8. The molecular formula is C27H36N4O. The van der Waals surface area contributed by atoms with Crippen molar-refractivity contribution >= 4 is 17.1 Å². The molecule has 0 unspecified atom stereocenters. The van der Waals surface area contributed by atoms with E-state index in [2.05, 4.69) is 32.6 Å². The highest BCUT2D eigenvalue weighted by Gasteiger charge is 2.32. The number of hydrogen-bond donors (Lipinski definition) is 1. The molecule has 3 aliphatic rings. The van der Waals surface area contributed by atoms with E-state index >= 15 is 0 Å². The van der Waals surface area contributed by atoms with Crippen molar-refractivity contribution in [3.05, 3.63) is 47.5 Å². The number of nitrogens with zero attached hydrogens (tertiary/aromatic N) is 3. The Labute approximate surface area is 192 Å². The van der Waals surface area contributed by atoms with Crippen LogP contribution in [0.1, 0.15) is 56.1 Å². The summed E-state index contributed by atoms with van der Waals surface area (Å²) >= 11 is 0. The Morgan fingerprint density at radius 2 is 1.81 bits per heavy atom. The van der Waals surface area contributed by atoms with Gasteiger partial charge in [0.15, 0.2) is 0 Å². The molecule has 32 heavy (non-hydrogen) atoms. The van der Waals surface area contributed by atoms with Crippen LogP contribution < -0.4 is 10.1 Å². The lowest BCUT2D eigenvalue weighted by molar-refractivity contribution is 0.0649. The number of fused-ring (bicyclic) bond motifs is 2. The monoisotopic (exact) mass is 432 g/mol. The van der Waals surface area contributed by atoms with E-state index in [0.717, 1.165) is 48.5 Å². The molecule has 170 valence electrons.